The van der Waals surface area contributed by atoms with E-state index in [1.807, 2.05) is 6.20 Å². The van der Waals surface area contributed by atoms with Gasteiger partial charge in [0.15, 0.2) is 0 Å². The molecule has 4 heteroatoms. The molecule has 1 aliphatic rings. The van der Waals surface area contributed by atoms with Crippen LogP contribution in [0.1, 0.15) is 36.1 Å². The Morgan fingerprint density at radius 2 is 1.96 bits per heavy atom. The number of aromatic nitrogens is 2. The van der Waals surface area contributed by atoms with E-state index in [-0.39, 0.29) is 0 Å². The van der Waals surface area contributed by atoms with E-state index >= 15 is 0 Å². The molecule has 0 atom stereocenters. The first kappa shape index (κ1) is 17.2. The fourth-order valence-electron chi connectivity index (χ4n) is 3.51. The number of likely N-dealkylation sites (tertiary alicyclic amines) is 1. The van der Waals surface area contributed by atoms with E-state index in [0.717, 1.165) is 13.0 Å². The number of H-pyrrole nitrogens is 1. The maximum Gasteiger partial charge on any atom is 0.0522 e. The highest BCUT2D eigenvalue weighted by Crippen LogP contribution is 2.12. The number of benzene rings is 1. The molecule has 0 bridgehead atoms. The van der Waals surface area contributed by atoms with Crippen LogP contribution in [0, 0.1) is 6.92 Å². The maximum atomic E-state index is 4.09. The number of nitrogens with one attached hydrogen (secondary N) is 2. The van der Waals surface area contributed by atoms with Crippen molar-refractivity contribution >= 4 is 0 Å². The van der Waals surface area contributed by atoms with Gasteiger partial charge in [-0.25, -0.2) is 0 Å². The Balaban J connectivity index is 1.27. The molecule has 0 spiro atoms. The number of hydrogen-bond donors (Lipinski definition) is 2. The number of rotatable bonds is 8. The first-order valence-corrected chi connectivity index (χ1v) is 9.30. The van der Waals surface area contributed by atoms with E-state index < -0.39 is 0 Å². The van der Waals surface area contributed by atoms with Gasteiger partial charge in [-0.1, -0.05) is 30.3 Å². The highest BCUT2D eigenvalue weighted by atomic mass is 15.1. The monoisotopic (exact) mass is 326 g/mol. The molecule has 1 fully saturated rings. The molecule has 1 saturated heterocycles. The number of hydrogen-bond acceptors (Lipinski definition) is 3. The van der Waals surface area contributed by atoms with Crippen molar-refractivity contribution in [1.29, 1.82) is 0 Å². The van der Waals surface area contributed by atoms with Crippen LogP contribution in [0.4, 0.5) is 0 Å². The van der Waals surface area contributed by atoms with Gasteiger partial charge in [0, 0.05) is 18.3 Å². The van der Waals surface area contributed by atoms with Crippen LogP contribution in [0.3, 0.4) is 0 Å². The lowest BCUT2D eigenvalue weighted by Crippen LogP contribution is -2.43. The van der Waals surface area contributed by atoms with Crippen molar-refractivity contribution in [3.8, 4) is 0 Å². The highest BCUT2D eigenvalue weighted by Gasteiger charge is 2.18. The zero-order valence-corrected chi connectivity index (χ0v) is 14.8. The molecule has 3 rings (SSSR count). The van der Waals surface area contributed by atoms with Crippen LogP contribution in [0.15, 0.2) is 36.5 Å². The van der Waals surface area contributed by atoms with Crippen LogP contribution < -0.4 is 5.32 Å². The van der Waals surface area contributed by atoms with Gasteiger partial charge in [-0.3, -0.25) is 5.10 Å². The largest absolute Gasteiger partial charge is 0.314 e. The maximum absolute atomic E-state index is 4.09. The number of piperidine rings is 1. The smallest absolute Gasteiger partial charge is 0.0522 e. The van der Waals surface area contributed by atoms with Crippen molar-refractivity contribution in [2.45, 2.75) is 45.1 Å². The van der Waals surface area contributed by atoms with Crippen molar-refractivity contribution in [3.63, 3.8) is 0 Å². The molecule has 1 aromatic heterocycles. The van der Waals surface area contributed by atoms with Gasteiger partial charge >= 0.3 is 0 Å². The average molecular weight is 326 g/mol. The predicted molar refractivity (Wildman–Crippen MR) is 99.3 cm³/mol. The third-order valence-electron chi connectivity index (χ3n) is 5.14. The van der Waals surface area contributed by atoms with E-state index in [4.69, 9.17) is 0 Å². The summed E-state index contributed by atoms with van der Waals surface area (Å²) in [7, 11) is 0. The average Bonchev–Trinajstić information content (AvgIpc) is 3.04. The highest BCUT2D eigenvalue weighted by molar-refractivity contribution is 5.15. The first-order valence-electron chi connectivity index (χ1n) is 9.30. The van der Waals surface area contributed by atoms with Crippen molar-refractivity contribution in [1.82, 2.24) is 20.4 Å². The fourth-order valence-corrected chi connectivity index (χ4v) is 3.51. The lowest BCUT2D eigenvalue weighted by Gasteiger charge is -2.32. The molecule has 4 nitrogen and oxygen atoms in total. The molecule has 0 saturated carbocycles. The number of aryl methyl sites for hydroxylation is 2. The molecule has 2 N–H and O–H groups in total. The third-order valence-corrected chi connectivity index (χ3v) is 5.14. The molecule has 24 heavy (non-hydrogen) atoms. The second-order valence-electron chi connectivity index (χ2n) is 6.93. The summed E-state index contributed by atoms with van der Waals surface area (Å²) in [6, 6.07) is 11.5. The predicted octanol–water partition coefficient (Wildman–Crippen LogP) is 2.95. The summed E-state index contributed by atoms with van der Waals surface area (Å²) < 4.78 is 0. The molecule has 0 radical (unpaired) electrons. The standard InChI is InChI=1S/C20H30N4/c1-17-19(16-22-23-17)8-5-12-21-20-10-14-24(15-11-20)13-9-18-6-3-2-4-7-18/h2-4,6-7,16,20-21H,5,8-15H2,1H3,(H,22,23). The van der Waals surface area contributed by atoms with E-state index in [2.05, 4.69) is 57.7 Å². The van der Waals surface area contributed by atoms with Gasteiger partial charge in [0.2, 0.25) is 0 Å². The van der Waals surface area contributed by atoms with Crippen molar-refractivity contribution in [2.75, 3.05) is 26.2 Å². The van der Waals surface area contributed by atoms with Crippen LogP contribution in [0.25, 0.3) is 0 Å². The minimum absolute atomic E-state index is 0.698. The van der Waals surface area contributed by atoms with E-state index in [9.17, 15) is 0 Å². The lowest BCUT2D eigenvalue weighted by molar-refractivity contribution is 0.200. The van der Waals surface area contributed by atoms with Crippen LogP contribution in [0.2, 0.25) is 0 Å². The SMILES string of the molecule is Cc1[nH]ncc1CCCNC1CCN(CCc2ccccc2)CC1. The summed E-state index contributed by atoms with van der Waals surface area (Å²) in [5, 5.41) is 10.8. The second kappa shape index (κ2) is 9.00. The zero-order chi connectivity index (χ0) is 16.6. The van der Waals surface area contributed by atoms with Gasteiger partial charge in [0.25, 0.3) is 0 Å². The number of aromatic amines is 1. The molecule has 1 aromatic carbocycles. The second-order valence-corrected chi connectivity index (χ2v) is 6.93. The van der Waals surface area contributed by atoms with Crippen LogP contribution in [-0.2, 0) is 12.8 Å². The summed E-state index contributed by atoms with van der Waals surface area (Å²) in [5.41, 5.74) is 4.02. The fraction of sp³-hybridized carbons (Fsp3) is 0.550. The summed E-state index contributed by atoms with van der Waals surface area (Å²) in [6.45, 7) is 6.85. The summed E-state index contributed by atoms with van der Waals surface area (Å²) in [6.07, 6.45) is 7.99. The summed E-state index contributed by atoms with van der Waals surface area (Å²) >= 11 is 0. The van der Waals surface area contributed by atoms with Gasteiger partial charge in [-0.2, -0.15) is 5.10 Å². The van der Waals surface area contributed by atoms with Gasteiger partial charge in [0.05, 0.1) is 6.20 Å². The van der Waals surface area contributed by atoms with Crippen LogP contribution in [0.5, 0.6) is 0 Å². The zero-order valence-electron chi connectivity index (χ0n) is 14.8. The van der Waals surface area contributed by atoms with Gasteiger partial charge in [-0.15, -0.1) is 0 Å². The Hall–Kier alpha value is -1.65. The molecule has 130 valence electrons. The van der Waals surface area contributed by atoms with E-state index in [1.165, 1.54) is 62.1 Å². The summed E-state index contributed by atoms with van der Waals surface area (Å²) in [4.78, 5) is 2.61. The van der Waals surface area contributed by atoms with E-state index in [1.54, 1.807) is 0 Å². The molecule has 1 aliphatic heterocycles. The molecular weight excluding hydrogens is 296 g/mol. The molecule has 0 amide bonds. The summed E-state index contributed by atoms with van der Waals surface area (Å²) in [5.74, 6) is 0. The molecule has 0 unspecified atom stereocenters. The van der Waals surface area contributed by atoms with Gasteiger partial charge in [0.1, 0.15) is 0 Å². The Morgan fingerprint density at radius 3 is 2.67 bits per heavy atom. The number of nitrogens with zero attached hydrogens (tertiary/aromatic N) is 2. The Kier molecular flexibility index (Phi) is 6.44. The van der Waals surface area contributed by atoms with Crippen LogP contribution in [-0.4, -0.2) is 47.3 Å². The first-order chi connectivity index (χ1) is 11.8. The lowest BCUT2D eigenvalue weighted by atomic mass is 10.0. The Morgan fingerprint density at radius 1 is 1.17 bits per heavy atom. The topological polar surface area (TPSA) is 44.0 Å². The van der Waals surface area contributed by atoms with Crippen molar-refractivity contribution in [3.05, 3.63) is 53.3 Å². The molecule has 2 aromatic rings. The normalized spacial score (nSPS) is 16.5. The van der Waals surface area contributed by atoms with E-state index in [0.29, 0.717) is 6.04 Å². The van der Waals surface area contributed by atoms with Crippen LogP contribution >= 0.6 is 0 Å². The molecule has 2 heterocycles. The van der Waals surface area contributed by atoms with Crippen molar-refractivity contribution < 1.29 is 0 Å². The quantitative estimate of drug-likeness (QED) is 0.733. The Bertz CT molecular complexity index is 585. The minimum atomic E-state index is 0.698. The van der Waals surface area contributed by atoms with Crippen molar-refractivity contribution in [2.24, 2.45) is 0 Å². The minimum Gasteiger partial charge on any atom is -0.314 e. The van der Waals surface area contributed by atoms with Gasteiger partial charge in [-0.05, 0) is 69.8 Å². The van der Waals surface area contributed by atoms with Gasteiger partial charge < -0.3 is 10.2 Å². The molecule has 0 aliphatic carbocycles. The third kappa shape index (κ3) is 5.18. The Labute approximate surface area is 145 Å². The molecular formula is C20H30N4.